The Bertz CT molecular complexity index is 727. The molecule has 0 bridgehead atoms. The molecule has 0 saturated carbocycles. The van der Waals surface area contributed by atoms with Crippen LogP contribution in [0.25, 0.3) is 0 Å². The monoisotopic (exact) mass is 403 g/mol. The van der Waals surface area contributed by atoms with Crippen molar-refractivity contribution in [3.8, 4) is 17.2 Å². The van der Waals surface area contributed by atoms with Crippen LogP contribution in [0.4, 0.5) is 0 Å². The molecule has 0 aliphatic carbocycles. The Morgan fingerprint density at radius 3 is 2.36 bits per heavy atom. The van der Waals surface area contributed by atoms with Gasteiger partial charge in [0, 0.05) is 11.6 Å². The van der Waals surface area contributed by atoms with Crippen molar-refractivity contribution in [3.63, 3.8) is 0 Å². The fraction of sp³-hybridized carbons (Fsp3) is 0.478. The van der Waals surface area contributed by atoms with Gasteiger partial charge in [-0.1, -0.05) is 17.7 Å². The van der Waals surface area contributed by atoms with Crippen LogP contribution in [0.15, 0.2) is 42.5 Å². The quantitative estimate of drug-likeness (QED) is 0.584. The highest BCUT2D eigenvalue weighted by molar-refractivity contribution is 6.30. The molecule has 0 radical (unpaired) electrons. The van der Waals surface area contributed by atoms with Gasteiger partial charge in [-0.15, -0.1) is 0 Å². The van der Waals surface area contributed by atoms with Gasteiger partial charge in [0.15, 0.2) is 11.5 Å². The third-order valence-corrected chi connectivity index (χ3v) is 5.73. The minimum atomic E-state index is 0.743. The zero-order valence-electron chi connectivity index (χ0n) is 16.8. The first-order valence-corrected chi connectivity index (χ1v) is 10.4. The van der Waals surface area contributed by atoms with Crippen LogP contribution in [0, 0.1) is 5.92 Å². The molecule has 4 nitrogen and oxygen atoms in total. The molecule has 2 aromatic rings. The van der Waals surface area contributed by atoms with Crippen LogP contribution in [0.1, 0.15) is 24.8 Å². The van der Waals surface area contributed by atoms with E-state index in [0.29, 0.717) is 0 Å². The first-order chi connectivity index (χ1) is 13.7. The summed E-state index contributed by atoms with van der Waals surface area (Å²) in [6.45, 7) is 4.19. The maximum absolute atomic E-state index is 5.90. The summed E-state index contributed by atoms with van der Waals surface area (Å²) in [5.41, 5.74) is 1.29. The molecule has 2 aromatic carbocycles. The topological polar surface area (TPSA) is 30.9 Å². The van der Waals surface area contributed by atoms with Crippen LogP contribution in [0.2, 0.25) is 5.02 Å². The molecule has 0 atom stereocenters. The molecule has 0 spiro atoms. The molecule has 0 unspecified atom stereocenters. The highest BCUT2D eigenvalue weighted by atomic mass is 35.5. The molecule has 1 heterocycles. The van der Waals surface area contributed by atoms with Crippen LogP contribution in [0.3, 0.4) is 0 Å². The number of halogens is 1. The second-order valence-electron chi connectivity index (χ2n) is 7.32. The summed E-state index contributed by atoms with van der Waals surface area (Å²) in [5.74, 6) is 3.24. The van der Waals surface area contributed by atoms with Crippen LogP contribution < -0.4 is 14.2 Å². The Kier molecular flexibility index (Phi) is 7.87. The van der Waals surface area contributed by atoms with Crippen LogP contribution in [-0.2, 0) is 6.42 Å². The van der Waals surface area contributed by atoms with Crippen molar-refractivity contribution in [3.05, 3.63) is 53.1 Å². The fourth-order valence-electron chi connectivity index (χ4n) is 3.70. The van der Waals surface area contributed by atoms with Gasteiger partial charge in [0.05, 0.1) is 20.8 Å². The molecule has 1 aliphatic rings. The number of piperidine rings is 1. The second kappa shape index (κ2) is 10.6. The number of benzene rings is 2. The maximum atomic E-state index is 5.90. The number of methoxy groups -OCH3 is 2. The van der Waals surface area contributed by atoms with E-state index in [-0.39, 0.29) is 0 Å². The molecule has 152 valence electrons. The van der Waals surface area contributed by atoms with Gasteiger partial charge in [-0.2, -0.15) is 0 Å². The Balaban J connectivity index is 1.35. The van der Waals surface area contributed by atoms with Gasteiger partial charge >= 0.3 is 0 Å². The molecule has 28 heavy (non-hydrogen) atoms. The molecule has 1 aliphatic heterocycles. The minimum absolute atomic E-state index is 0.743. The Morgan fingerprint density at radius 2 is 1.68 bits per heavy atom. The Morgan fingerprint density at radius 1 is 0.964 bits per heavy atom. The van der Waals surface area contributed by atoms with E-state index in [1.807, 2.05) is 30.3 Å². The second-order valence-corrected chi connectivity index (χ2v) is 7.75. The van der Waals surface area contributed by atoms with E-state index < -0.39 is 0 Å². The molecule has 0 N–H and O–H groups in total. The van der Waals surface area contributed by atoms with E-state index in [1.54, 1.807) is 14.2 Å². The summed E-state index contributed by atoms with van der Waals surface area (Å²) in [4.78, 5) is 2.56. The van der Waals surface area contributed by atoms with Crippen LogP contribution in [0.5, 0.6) is 17.2 Å². The standard InChI is InChI=1S/C23H30ClNO3/c1-26-22-8-3-19(17-23(22)27-2)11-15-25-13-9-18(10-14-25)12-16-28-21-6-4-20(24)5-7-21/h3-8,17-18H,9-16H2,1-2H3. The van der Waals surface area contributed by atoms with E-state index in [0.717, 1.165) is 54.2 Å². The van der Waals surface area contributed by atoms with Crippen molar-refractivity contribution in [2.75, 3.05) is 40.5 Å². The minimum Gasteiger partial charge on any atom is -0.494 e. The van der Waals surface area contributed by atoms with Gasteiger partial charge in [0.1, 0.15) is 5.75 Å². The Labute approximate surface area is 173 Å². The van der Waals surface area contributed by atoms with E-state index in [9.17, 15) is 0 Å². The van der Waals surface area contributed by atoms with Gasteiger partial charge < -0.3 is 19.1 Å². The third kappa shape index (κ3) is 6.05. The Hall–Kier alpha value is -1.91. The van der Waals surface area contributed by atoms with Crippen LogP contribution >= 0.6 is 11.6 Å². The molecule has 3 rings (SSSR count). The lowest BCUT2D eigenvalue weighted by molar-refractivity contribution is 0.164. The van der Waals surface area contributed by atoms with Crippen molar-refractivity contribution >= 4 is 11.6 Å². The van der Waals surface area contributed by atoms with Crippen molar-refractivity contribution in [1.29, 1.82) is 0 Å². The number of hydrogen-bond acceptors (Lipinski definition) is 4. The molecule has 1 saturated heterocycles. The van der Waals surface area contributed by atoms with E-state index in [2.05, 4.69) is 17.0 Å². The maximum Gasteiger partial charge on any atom is 0.160 e. The summed E-state index contributed by atoms with van der Waals surface area (Å²) in [6.07, 6.45) is 4.64. The number of likely N-dealkylation sites (tertiary alicyclic amines) is 1. The zero-order chi connectivity index (χ0) is 19.8. The SMILES string of the molecule is COc1ccc(CCN2CCC(CCOc3ccc(Cl)cc3)CC2)cc1OC. The van der Waals surface area contributed by atoms with Gasteiger partial charge in [-0.3, -0.25) is 0 Å². The summed E-state index contributed by atoms with van der Waals surface area (Å²) in [6, 6.07) is 13.8. The van der Waals surface area contributed by atoms with E-state index >= 15 is 0 Å². The molecular weight excluding hydrogens is 374 g/mol. The van der Waals surface area contributed by atoms with Crippen molar-refractivity contribution in [1.82, 2.24) is 4.90 Å². The highest BCUT2D eigenvalue weighted by Gasteiger charge is 2.19. The predicted molar refractivity (Wildman–Crippen MR) is 114 cm³/mol. The highest BCUT2D eigenvalue weighted by Crippen LogP contribution is 2.28. The largest absolute Gasteiger partial charge is 0.494 e. The molecule has 0 aromatic heterocycles. The predicted octanol–water partition coefficient (Wildman–Crippen LogP) is 5.08. The average Bonchev–Trinajstić information content (AvgIpc) is 2.74. The third-order valence-electron chi connectivity index (χ3n) is 5.48. The van der Waals surface area contributed by atoms with Crippen LogP contribution in [-0.4, -0.2) is 45.4 Å². The van der Waals surface area contributed by atoms with Gasteiger partial charge in [0.25, 0.3) is 0 Å². The number of hydrogen-bond donors (Lipinski definition) is 0. The van der Waals surface area contributed by atoms with E-state index in [1.165, 1.54) is 31.5 Å². The lowest BCUT2D eigenvalue weighted by Gasteiger charge is -2.32. The summed E-state index contributed by atoms with van der Waals surface area (Å²) in [5, 5.41) is 0.743. The summed E-state index contributed by atoms with van der Waals surface area (Å²) >= 11 is 5.90. The summed E-state index contributed by atoms with van der Waals surface area (Å²) in [7, 11) is 3.35. The lowest BCUT2D eigenvalue weighted by Crippen LogP contribution is -2.35. The van der Waals surface area contributed by atoms with Gasteiger partial charge in [-0.25, -0.2) is 0 Å². The smallest absolute Gasteiger partial charge is 0.160 e. The first kappa shape index (κ1) is 20.8. The van der Waals surface area contributed by atoms with Crippen molar-refractivity contribution in [2.24, 2.45) is 5.92 Å². The molecule has 1 fully saturated rings. The molecule has 5 heteroatoms. The summed E-state index contributed by atoms with van der Waals surface area (Å²) < 4.78 is 16.6. The van der Waals surface area contributed by atoms with Crippen molar-refractivity contribution < 1.29 is 14.2 Å². The van der Waals surface area contributed by atoms with Crippen molar-refractivity contribution in [2.45, 2.75) is 25.7 Å². The first-order valence-electron chi connectivity index (χ1n) is 9.99. The fourth-order valence-corrected chi connectivity index (χ4v) is 3.82. The number of ether oxygens (including phenoxy) is 3. The normalized spacial score (nSPS) is 15.4. The molecule has 0 amide bonds. The molecular formula is C23H30ClNO3. The van der Waals surface area contributed by atoms with Gasteiger partial charge in [0.2, 0.25) is 0 Å². The van der Waals surface area contributed by atoms with E-state index in [4.69, 9.17) is 25.8 Å². The number of nitrogens with zero attached hydrogens (tertiary/aromatic N) is 1. The van der Waals surface area contributed by atoms with Gasteiger partial charge in [-0.05, 0) is 86.7 Å². The lowest BCUT2D eigenvalue weighted by atomic mass is 9.93. The zero-order valence-corrected chi connectivity index (χ0v) is 17.6. The average molecular weight is 404 g/mol. The number of rotatable bonds is 9.